The third-order valence-electron chi connectivity index (χ3n) is 3.99. The van der Waals surface area contributed by atoms with Crippen LogP contribution in [-0.4, -0.2) is 24.0 Å². The van der Waals surface area contributed by atoms with Gasteiger partial charge in [-0.25, -0.2) is 0 Å². The maximum atomic E-state index is 12.3. The smallest absolute Gasteiger partial charge is 0.227 e. The first-order valence-electron chi connectivity index (χ1n) is 6.56. The predicted molar refractivity (Wildman–Crippen MR) is 71.0 cm³/mol. The largest absolute Gasteiger partial charge is 0.351 e. The van der Waals surface area contributed by atoms with Gasteiger partial charge >= 0.3 is 0 Å². The van der Waals surface area contributed by atoms with E-state index in [9.17, 15) is 4.79 Å². The highest BCUT2D eigenvalue weighted by Crippen LogP contribution is 2.29. The quantitative estimate of drug-likeness (QED) is 0.845. The SMILES string of the molecule is CCC1(C(=O)NCc2cnccc2C)CCNC1. The van der Waals surface area contributed by atoms with Crippen LogP contribution in [0.25, 0.3) is 0 Å². The lowest BCUT2D eigenvalue weighted by molar-refractivity contribution is -0.130. The molecule has 0 bridgehead atoms. The zero-order chi connectivity index (χ0) is 13.0. The molecule has 4 heteroatoms. The number of pyridine rings is 1. The number of hydrogen-bond donors (Lipinski definition) is 2. The number of rotatable bonds is 4. The van der Waals surface area contributed by atoms with E-state index in [1.165, 1.54) is 5.56 Å². The second-order valence-corrected chi connectivity index (χ2v) is 5.05. The Morgan fingerprint density at radius 1 is 1.61 bits per heavy atom. The van der Waals surface area contributed by atoms with Crippen LogP contribution in [0.2, 0.25) is 0 Å². The van der Waals surface area contributed by atoms with Gasteiger partial charge in [0.2, 0.25) is 5.91 Å². The summed E-state index contributed by atoms with van der Waals surface area (Å²) in [5.74, 6) is 0.165. The highest BCUT2D eigenvalue weighted by atomic mass is 16.2. The molecule has 4 nitrogen and oxygen atoms in total. The van der Waals surface area contributed by atoms with E-state index in [0.717, 1.165) is 31.5 Å². The van der Waals surface area contributed by atoms with Crippen molar-refractivity contribution < 1.29 is 4.79 Å². The highest BCUT2D eigenvalue weighted by Gasteiger charge is 2.39. The molecule has 18 heavy (non-hydrogen) atoms. The van der Waals surface area contributed by atoms with E-state index in [4.69, 9.17) is 0 Å². The molecule has 0 aromatic carbocycles. The van der Waals surface area contributed by atoms with Crippen molar-refractivity contribution in [3.05, 3.63) is 29.6 Å². The van der Waals surface area contributed by atoms with Gasteiger partial charge in [0, 0.05) is 25.5 Å². The summed E-state index contributed by atoms with van der Waals surface area (Å²) in [7, 11) is 0. The van der Waals surface area contributed by atoms with Gasteiger partial charge in [0.15, 0.2) is 0 Å². The van der Waals surface area contributed by atoms with Gasteiger partial charge in [-0.3, -0.25) is 9.78 Å². The molecule has 1 aromatic rings. The number of hydrogen-bond acceptors (Lipinski definition) is 3. The molecule has 1 fully saturated rings. The molecular formula is C14H21N3O. The van der Waals surface area contributed by atoms with Gasteiger partial charge < -0.3 is 10.6 Å². The van der Waals surface area contributed by atoms with Crippen molar-refractivity contribution in [2.45, 2.75) is 33.2 Å². The topological polar surface area (TPSA) is 54.0 Å². The van der Waals surface area contributed by atoms with Crippen LogP contribution >= 0.6 is 0 Å². The first-order chi connectivity index (χ1) is 8.68. The molecule has 1 aliphatic heterocycles. The van der Waals surface area contributed by atoms with Crippen LogP contribution in [0.3, 0.4) is 0 Å². The van der Waals surface area contributed by atoms with Crippen LogP contribution in [-0.2, 0) is 11.3 Å². The van der Waals surface area contributed by atoms with Crippen LogP contribution in [0.4, 0.5) is 0 Å². The summed E-state index contributed by atoms with van der Waals surface area (Å²) in [6, 6.07) is 1.97. The van der Waals surface area contributed by atoms with Crippen molar-refractivity contribution in [1.29, 1.82) is 0 Å². The maximum absolute atomic E-state index is 12.3. The maximum Gasteiger partial charge on any atom is 0.227 e. The monoisotopic (exact) mass is 247 g/mol. The lowest BCUT2D eigenvalue weighted by Gasteiger charge is -2.25. The normalized spacial score (nSPS) is 23.0. The van der Waals surface area contributed by atoms with Gasteiger partial charge in [-0.15, -0.1) is 0 Å². The number of nitrogens with zero attached hydrogens (tertiary/aromatic N) is 1. The van der Waals surface area contributed by atoms with Gasteiger partial charge in [-0.05, 0) is 43.5 Å². The summed E-state index contributed by atoms with van der Waals surface area (Å²) < 4.78 is 0. The summed E-state index contributed by atoms with van der Waals surface area (Å²) in [6.45, 7) is 6.42. The van der Waals surface area contributed by atoms with Crippen molar-refractivity contribution in [2.75, 3.05) is 13.1 Å². The van der Waals surface area contributed by atoms with Crippen molar-refractivity contribution in [1.82, 2.24) is 15.6 Å². The average molecular weight is 247 g/mol. The lowest BCUT2D eigenvalue weighted by atomic mass is 9.83. The fourth-order valence-electron chi connectivity index (χ4n) is 2.44. The third-order valence-corrected chi connectivity index (χ3v) is 3.99. The van der Waals surface area contributed by atoms with Crippen LogP contribution in [0.15, 0.2) is 18.5 Å². The van der Waals surface area contributed by atoms with E-state index in [1.54, 1.807) is 6.20 Å². The molecule has 0 radical (unpaired) electrons. The van der Waals surface area contributed by atoms with Crippen LogP contribution < -0.4 is 10.6 Å². The molecular weight excluding hydrogens is 226 g/mol. The third kappa shape index (κ3) is 2.53. The summed E-state index contributed by atoms with van der Waals surface area (Å²) in [5, 5.41) is 6.34. The summed E-state index contributed by atoms with van der Waals surface area (Å²) in [5.41, 5.74) is 2.04. The average Bonchev–Trinajstić information content (AvgIpc) is 2.87. The second-order valence-electron chi connectivity index (χ2n) is 5.05. The fourth-order valence-corrected chi connectivity index (χ4v) is 2.44. The van der Waals surface area contributed by atoms with E-state index in [0.29, 0.717) is 6.54 Å². The standard InChI is InChI=1S/C14H21N3O/c1-3-14(5-7-16-10-14)13(18)17-9-12-8-15-6-4-11(12)2/h4,6,8,16H,3,5,7,9-10H2,1-2H3,(H,17,18). The molecule has 2 rings (SSSR count). The summed E-state index contributed by atoms with van der Waals surface area (Å²) in [6.07, 6.45) is 5.41. The molecule has 1 atom stereocenters. The van der Waals surface area contributed by atoms with Crippen molar-refractivity contribution in [2.24, 2.45) is 5.41 Å². The molecule has 1 aliphatic rings. The van der Waals surface area contributed by atoms with Gasteiger partial charge in [-0.2, -0.15) is 0 Å². The number of aromatic nitrogens is 1. The van der Waals surface area contributed by atoms with Gasteiger partial charge in [0.05, 0.1) is 5.41 Å². The minimum Gasteiger partial charge on any atom is -0.351 e. The molecule has 1 saturated heterocycles. The van der Waals surface area contributed by atoms with E-state index >= 15 is 0 Å². The Morgan fingerprint density at radius 3 is 3.06 bits per heavy atom. The number of carbonyl (C=O) groups is 1. The Labute approximate surface area is 108 Å². The molecule has 2 heterocycles. The molecule has 98 valence electrons. The van der Waals surface area contributed by atoms with Crippen LogP contribution in [0, 0.1) is 12.3 Å². The summed E-state index contributed by atoms with van der Waals surface area (Å²) >= 11 is 0. The van der Waals surface area contributed by atoms with Crippen LogP contribution in [0.5, 0.6) is 0 Å². The Balaban J connectivity index is 1.98. The molecule has 1 amide bonds. The number of amides is 1. The van der Waals surface area contributed by atoms with Crippen molar-refractivity contribution in [3.8, 4) is 0 Å². The Kier molecular flexibility index (Phi) is 3.97. The fraction of sp³-hybridized carbons (Fsp3) is 0.571. The highest BCUT2D eigenvalue weighted by molar-refractivity contribution is 5.83. The zero-order valence-corrected chi connectivity index (χ0v) is 11.1. The predicted octanol–water partition coefficient (Wildman–Crippen LogP) is 1.40. The number of nitrogens with one attached hydrogen (secondary N) is 2. The Hall–Kier alpha value is -1.42. The lowest BCUT2D eigenvalue weighted by Crippen LogP contribution is -2.41. The van der Waals surface area contributed by atoms with Gasteiger partial charge in [-0.1, -0.05) is 6.92 Å². The van der Waals surface area contributed by atoms with Gasteiger partial charge in [0.25, 0.3) is 0 Å². The van der Waals surface area contributed by atoms with Crippen molar-refractivity contribution >= 4 is 5.91 Å². The first kappa shape index (κ1) is 13.0. The van der Waals surface area contributed by atoms with E-state index < -0.39 is 0 Å². The summed E-state index contributed by atoms with van der Waals surface area (Å²) in [4.78, 5) is 16.4. The van der Waals surface area contributed by atoms with E-state index in [1.807, 2.05) is 19.2 Å². The van der Waals surface area contributed by atoms with Crippen LogP contribution in [0.1, 0.15) is 30.9 Å². The molecule has 0 aliphatic carbocycles. The van der Waals surface area contributed by atoms with E-state index in [2.05, 4.69) is 22.5 Å². The zero-order valence-electron chi connectivity index (χ0n) is 11.1. The number of aryl methyl sites for hydroxylation is 1. The molecule has 0 spiro atoms. The Bertz CT molecular complexity index is 425. The minimum absolute atomic E-state index is 0.165. The van der Waals surface area contributed by atoms with Gasteiger partial charge in [0.1, 0.15) is 0 Å². The van der Waals surface area contributed by atoms with Crippen molar-refractivity contribution in [3.63, 3.8) is 0 Å². The van der Waals surface area contributed by atoms with E-state index in [-0.39, 0.29) is 11.3 Å². The Morgan fingerprint density at radius 2 is 2.44 bits per heavy atom. The minimum atomic E-state index is -0.212. The molecule has 1 aromatic heterocycles. The first-order valence-corrected chi connectivity index (χ1v) is 6.56. The second kappa shape index (κ2) is 5.48. The molecule has 0 saturated carbocycles. The molecule has 1 unspecified atom stereocenters. The molecule has 2 N–H and O–H groups in total. The number of carbonyl (C=O) groups excluding carboxylic acids is 1.